The van der Waals surface area contributed by atoms with Crippen LogP contribution in [-0.2, 0) is 19.1 Å². The zero-order valence-corrected chi connectivity index (χ0v) is 16.1. The number of nitrogens with one attached hydrogen (secondary N) is 1. The van der Waals surface area contributed by atoms with E-state index in [1.807, 2.05) is 24.3 Å². The van der Waals surface area contributed by atoms with Crippen molar-refractivity contribution in [3.05, 3.63) is 24.3 Å². The van der Waals surface area contributed by atoms with E-state index in [2.05, 4.69) is 10.2 Å². The summed E-state index contributed by atoms with van der Waals surface area (Å²) < 4.78 is 5.36. The molecule has 28 heavy (non-hydrogen) atoms. The molecule has 1 saturated carbocycles. The van der Waals surface area contributed by atoms with Crippen LogP contribution in [0.3, 0.4) is 0 Å². The van der Waals surface area contributed by atoms with Crippen molar-refractivity contribution in [3.8, 4) is 0 Å². The minimum Gasteiger partial charge on any atom is -0.378 e. The van der Waals surface area contributed by atoms with Crippen LogP contribution in [0.1, 0.15) is 32.1 Å². The number of likely N-dealkylation sites (tertiary alicyclic amines) is 1. The minimum absolute atomic E-state index is 0.0858. The first kappa shape index (κ1) is 18.9. The van der Waals surface area contributed by atoms with E-state index in [0.717, 1.165) is 63.4 Å². The lowest BCUT2D eigenvalue weighted by molar-refractivity contribution is -0.140. The second-order valence-corrected chi connectivity index (χ2v) is 7.77. The number of imide groups is 1. The molecule has 3 amide bonds. The lowest BCUT2D eigenvalue weighted by Gasteiger charge is -2.28. The van der Waals surface area contributed by atoms with E-state index in [1.165, 1.54) is 4.90 Å². The lowest BCUT2D eigenvalue weighted by atomic mass is 9.81. The zero-order valence-electron chi connectivity index (χ0n) is 16.1. The molecule has 1 aromatic carbocycles. The van der Waals surface area contributed by atoms with Crippen molar-refractivity contribution in [2.75, 3.05) is 43.1 Å². The predicted molar refractivity (Wildman–Crippen MR) is 105 cm³/mol. The van der Waals surface area contributed by atoms with Crippen LogP contribution in [0.25, 0.3) is 0 Å². The quantitative estimate of drug-likeness (QED) is 0.785. The normalized spacial score (nSPS) is 25.0. The standard InChI is InChI=1S/C21H27N3O4/c25-19(9-10-24-20(26)17-3-1-2-4-18(17)21(24)27)22-15-5-7-16(8-6-15)23-11-13-28-14-12-23/h5-8,17-18H,1-4,9-14H2,(H,22,25)/t17-,18-/m1/s1. The Kier molecular flexibility index (Phi) is 5.62. The lowest BCUT2D eigenvalue weighted by Crippen LogP contribution is -2.36. The number of carbonyl (C=O) groups is 3. The van der Waals surface area contributed by atoms with E-state index in [1.54, 1.807) is 0 Å². The summed E-state index contributed by atoms with van der Waals surface area (Å²) in [5.41, 5.74) is 1.83. The molecule has 0 bridgehead atoms. The second-order valence-electron chi connectivity index (χ2n) is 7.77. The van der Waals surface area contributed by atoms with Crippen LogP contribution in [0.15, 0.2) is 24.3 Å². The summed E-state index contributed by atoms with van der Waals surface area (Å²) in [5.74, 6) is -0.668. The molecule has 7 heteroatoms. The van der Waals surface area contributed by atoms with Crippen molar-refractivity contribution >= 4 is 29.1 Å². The Morgan fingerprint density at radius 1 is 1.00 bits per heavy atom. The highest BCUT2D eigenvalue weighted by Crippen LogP contribution is 2.38. The highest BCUT2D eigenvalue weighted by atomic mass is 16.5. The Bertz CT molecular complexity index is 719. The van der Waals surface area contributed by atoms with Crippen molar-refractivity contribution < 1.29 is 19.1 Å². The SMILES string of the molecule is O=C(CCN1C(=O)[C@@H]2CCCC[C@H]2C1=O)Nc1ccc(N2CCOCC2)cc1. The monoisotopic (exact) mass is 385 g/mol. The van der Waals surface area contributed by atoms with E-state index in [-0.39, 0.29) is 42.5 Å². The van der Waals surface area contributed by atoms with Gasteiger partial charge in [-0.1, -0.05) is 12.8 Å². The first-order valence-electron chi connectivity index (χ1n) is 10.2. The zero-order chi connectivity index (χ0) is 19.5. The number of amides is 3. The van der Waals surface area contributed by atoms with Crippen LogP contribution in [-0.4, -0.2) is 55.5 Å². The maximum Gasteiger partial charge on any atom is 0.233 e. The van der Waals surface area contributed by atoms with E-state index in [9.17, 15) is 14.4 Å². The van der Waals surface area contributed by atoms with Gasteiger partial charge in [-0.05, 0) is 37.1 Å². The number of ether oxygens (including phenoxy) is 1. The number of fused-ring (bicyclic) bond motifs is 1. The molecule has 0 radical (unpaired) electrons. The Morgan fingerprint density at radius 3 is 2.21 bits per heavy atom. The summed E-state index contributed by atoms with van der Waals surface area (Å²) in [4.78, 5) is 40.8. The Labute approximate surface area is 165 Å². The van der Waals surface area contributed by atoms with Crippen molar-refractivity contribution in [2.24, 2.45) is 11.8 Å². The predicted octanol–water partition coefficient (Wildman–Crippen LogP) is 2.03. The van der Waals surface area contributed by atoms with Crippen molar-refractivity contribution in [3.63, 3.8) is 0 Å². The van der Waals surface area contributed by atoms with Crippen LogP contribution < -0.4 is 10.2 Å². The summed E-state index contributed by atoms with van der Waals surface area (Å²) in [5, 5.41) is 2.86. The Morgan fingerprint density at radius 2 is 1.61 bits per heavy atom. The molecule has 2 heterocycles. The van der Waals surface area contributed by atoms with Gasteiger partial charge in [-0.3, -0.25) is 19.3 Å². The first-order chi connectivity index (χ1) is 13.6. The molecule has 1 aromatic rings. The largest absolute Gasteiger partial charge is 0.378 e. The van der Waals surface area contributed by atoms with E-state index in [0.29, 0.717) is 0 Å². The third-order valence-corrected chi connectivity index (χ3v) is 6.02. The topological polar surface area (TPSA) is 79.0 Å². The molecule has 1 N–H and O–H groups in total. The molecular weight excluding hydrogens is 358 g/mol. The number of carbonyl (C=O) groups excluding carboxylic acids is 3. The second kappa shape index (κ2) is 8.31. The minimum atomic E-state index is -0.186. The summed E-state index contributed by atoms with van der Waals surface area (Å²) in [6.45, 7) is 3.36. The number of morpholine rings is 1. The van der Waals surface area contributed by atoms with E-state index >= 15 is 0 Å². The molecule has 7 nitrogen and oxygen atoms in total. The molecule has 0 spiro atoms. The highest BCUT2D eigenvalue weighted by Gasteiger charge is 2.47. The summed E-state index contributed by atoms with van der Waals surface area (Å²) in [6, 6.07) is 7.73. The number of hydrogen-bond acceptors (Lipinski definition) is 5. The number of hydrogen-bond donors (Lipinski definition) is 1. The number of rotatable bonds is 5. The summed E-state index contributed by atoms with van der Waals surface area (Å²) in [6.07, 6.45) is 3.74. The number of nitrogens with zero attached hydrogens (tertiary/aromatic N) is 2. The molecule has 1 aliphatic carbocycles. The van der Waals surface area contributed by atoms with Gasteiger partial charge in [0.15, 0.2) is 0 Å². The highest BCUT2D eigenvalue weighted by molar-refractivity contribution is 6.05. The maximum absolute atomic E-state index is 12.5. The molecule has 3 fully saturated rings. The van der Waals surface area contributed by atoms with Crippen molar-refractivity contribution in [1.82, 2.24) is 4.90 Å². The number of anilines is 2. The maximum atomic E-state index is 12.5. The van der Waals surface area contributed by atoms with Crippen molar-refractivity contribution in [1.29, 1.82) is 0 Å². The summed E-state index contributed by atoms with van der Waals surface area (Å²) in [7, 11) is 0. The van der Waals surface area contributed by atoms with Crippen LogP contribution in [0.2, 0.25) is 0 Å². The van der Waals surface area contributed by atoms with Gasteiger partial charge in [0, 0.05) is 37.4 Å². The van der Waals surface area contributed by atoms with Gasteiger partial charge >= 0.3 is 0 Å². The average molecular weight is 385 g/mol. The molecule has 2 atom stereocenters. The Hall–Kier alpha value is -2.41. The van der Waals surface area contributed by atoms with Gasteiger partial charge in [0.25, 0.3) is 0 Å². The molecule has 0 aromatic heterocycles. The van der Waals surface area contributed by atoms with Gasteiger partial charge in [-0.15, -0.1) is 0 Å². The third kappa shape index (κ3) is 3.90. The van der Waals surface area contributed by atoms with E-state index in [4.69, 9.17) is 4.74 Å². The Balaban J connectivity index is 1.28. The van der Waals surface area contributed by atoms with Crippen molar-refractivity contribution in [2.45, 2.75) is 32.1 Å². The van der Waals surface area contributed by atoms with Crippen LogP contribution in [0.5, 0.6) is 0 Å². The molecule has 4 rings (SSSR count). The van der Waals surface area contributed by atoms with Gasteiger partial charge in [-0.25, -0.2) is 0 Å². The first-order valence-corrected chi connectivity index (χ1v) is 10.2. The molecular formula is C21H27N3O4. The van der Waals surface area contributed by atoms with Gasteiger partial charge in [0.05, 0.1) is 25.0 Å². The molecule has 3 aliphatic rings. The van der Waals surface area contributed by atoms with Gasteiger partial charge < -0.3 is 15.0 Å². The number of benzene rings is 1. The van der Waals surface area contributed by atoms with Gasteiger partial charge in [0.1, 0.15) is 0 Å². The third-order valence-electron chi connectivity index (χ3n) is 6.02. The fourth-order valence-electron chi connectivity index (χ4n) is 4.47. The van der Waals surface area contributed by atoms with Gasteiger partial charge in [-0.2, -0.15) is 0 Å². The average Bonchev–Trinajstić information content (AvgIpc) is 2.98. The van der Waals surface area contributed by atoms with Gasteiger partial charge in [0.2, 0.25) is 17.7 Å². The molecule has 0 unspecified atom stereocenters. The van der Waals surface area contributed by atoms with Crippen LogP contribution in [0, 0.1) is 11.8 Å². The van der Waals surface area contributed by atoms with Crippen LogP contribution >= 0.6 is 0 Å². The molecule has 2 aliphatic heterocycles. The molecule has 150 valence electrons. The van der Waals surface area contributed by atoms with E-state index < -0.39 is 0 Å². The smallest absolute Gasteiger partial charge is 0.233 e. The van der Waals surface area contributed by atoms with Crippen LogP contribution in [0.4, 0.5) is 11.4 Å². The fourth-order valence-corrected chi connectivity index (χ4v) is 4.47. The summed E-state index contributed by atoms with van der Waals surface area (Å²) >= 11 is 0. The molecule has 2 saturated heterocycles. The fraction of sp³-hybridized carbons (Fsp3) is 0.571.